The zero-order valence-corrected chi connectivity index (χ0v) is 19.1. The third-order valence-corrected chi connectivity index (χ3v) is 5.14. The molecule has 0 aliphatic carbocycles. The van der Waals surface area contributed by atoms with Crippen LogP contribution in [-0.2, 0) is 42.9 Å². The lowest BCUT2D eigenvalue weighted by Gasteiger charge is -2.44. The average molecular weight is 475 g/mol. The summed E-state index contributed by atoms with van der Waals surface area (Å²) in [5, 5.41) is 0.616. The smallest absolute Gasteiger partial charge is 0.303 e. The summed E-state index contributed by atoms with van der Waals surface area (Å²) in [5.74, 6) is -2.75. The molecule has 3 rings (SSSR count). The van der Waals surface area contributed by atoms with Crippen LogP contribution >= 0.6 is 0 Å². The summed E-state index contributed by atoms with van der Waals surface area (Å²) < 4.78 is 29.1. The quantitative estimate of drug-likeness (QED) is 0.331. The van der Waals surface area contributed by atoms with Gasteiger partial charge in [0.15, 0.2) is 30.8 Å². The van der Waals surface area contributed by atoms with Crippen molar-refractivity contribution in [1.29, 1.82) is 0 Å². The van der Waals surface area contributed by atoms with Gasteiger partial charge in [-0.05, 0) is 6.07 Å². The van der Waals surface area contributed by atoms with Gasteiger partial charge in [0.05, 0.1) is 5.52 Å². The first-order valence-electron chi connectivity index (χ1n) is 10.5. The predicted octanol–water partition coefficient (Wildman–Crippen LogP) is 1.71. The van der Waals surface area contributed by atoms with Crippen LogP contribution in [0.15, 0.2) is 30.5 Å². The fourth-order valence-electron chi connectivity index (χ4n) is 3.97. The van der Waals surface area contributed by atoms with Gasteiger partial charge >= 0.3 is 23.9 Å². The van der Waals surface area contributed by atoms with Crippen LogP contribution in [-0.4, -0.2) is 65.8 Å². The van der Waals surface area contributed by atoms with E-state index in [9.17, 15) is 24.0 Å². The summed E-state index contributed by atoms with van der Waals surface area (Å²) in [5.41, 5.74) is 0.925. The molecule has 0 spiro atoms. The highest BCUT2D eigenvalue weighted by Crippen LogP contribution is 2.37. The lowest BCUT2D eigenvalue weighted by Crippen LogP contribution is -2.60. The molecule has 1 aliphatic heterocycles. The first-order chi connectivity index (χ1) is 16.1. The van der Waals surface area contributed by atoms with E-state index in [-0.39, 0.29) is 6.61 Å². The molecule has 182 valence electrons. The molecule has 34 heavy (non-hydrogen) atoms. The van der Waals surface area contributed by atoms with Crippen molar-refractivity contribution in [3.05, 3.63) is 36.0 Å². The Labute approximate surface area is 194 Å². The minimum absolute atomic E-state index is 0.339. The van der Waals surface area contributed by atoms with Crippen molar-refractivity contribution in [2.45, 2.75) is 58.3 Å². The molecular formula is C23H25NO10. The maximum atomic E-state index is 12.0. The second kappa shape index (κ2) is 10.5. The molecule has 5 atom stereocenters. The van der Waals surface area contributed by atoms with Crippen LogP contribution in [0.1, 0.15) is 44.3 Å². The van der Waals surface area contributed by atoms with Gasteiger partial charge in [0, 0.05) is 44.8 Å². The van der Waals surface area contributed by atoms with E-state index in [2.05, 4.69) is 0 Å². The van der Waals surface area contributed by atoms with Gasteiger partial charge in [-0.15, -0.1) is 0 Å². The largest absolute Gasteiger partial charge is 0.463 e. The normalized spacial score (nSPS) is 24.2. The van der Waals surface area contributed by atoms with Gasteiger partial charge in [-0.1, -0.05) is 18.2 Å². The summed E-state index contributed by atoms with van der Waals surface area (Å²) in [4.78, 5) is 59.0. The fraction of sp³-hybridized carbons (Fsp3) is 0.435. The third-order valence-electron chi connectivity index (χ3n) is 5.14. The van der Waals surface area contributed by atoms with Crippen molar-refractivity contribution in [3.63, 3.8) is 0 Å². The number of hydrogen-bond acceptors (Lipinski definition) is 10. The van der Waals surface area contributed by atoms with E-state index in [1.165, 1.54) is 13.1 Å². The SMILES string of the molecule is CC(=O)OC[C@H]1OC(n2cc(C=O)c3ccccc32)[C@H](OC(C)=O)[C@@H](OC(C)=O)[C@@H]1OC(C)=O. The maximum absolute atomic E-state index is 12.0. The number of aldehydes is 1. The van der Waals surface area contributed by atoms with Gasteiger partial charge < -0.3 is 28.3 Å². The fourth-order valence-corrected chi connectivity index (χ4v) is 3.97. The van der Waals surface area contributed by atoms with Crippen molar-refractivity contribution < 1.29 is 47.7 Å². The zero-order chi connectivity index (χ0) is 25.0. The maximum Gasteiger partial charge on any atom is 0.303 e. The van der Waals surface area contributed by atoms with E-state index >= 15 is 0 Å². The Kier molecular flexibility index (Phi) is 7.67. The van der Waals surface area contributed by atoms with Crippen LogP contribution in [0.5, 0.6) is 0 Å². The second-order valence-corrected chi connectivity index (χ2v) is 7.72. The van der Waals surface area contributed by atoms with Crippen LogP contribution in [0, 0.1) is 0 Å². The van der Waals surface area contributed by atoms with Crippen molar-refractivity contribution in [1.82, 2.24) is 4.57 Å². The van der Waals surface area contributed by atoms with Crippen molar-refractivity contribution in [3.8, 4) is 0 Å². The predicted molar refractivity (Wildman–Crippen MR) is 115 cm³/mol. The van der Waals surface area contributed by atoms with Crippen molar-refractivity contribution in [2.75, 3.05) is 6.61 Å². The van der Waals surface area contributed by atoms with E-state index < -0.39 is 54.5 Å². The van der Waals surface area contributed by atoms with Gasteiger partial charge in [-0.3, -0.25) is 24.0 Å². The molecule has 1 fully saturated rings. The molecule has 2 aromatic rings. The van der Waals surface area contributed by atoms with Crippen LogP contribution in [0.25, 0.3) is 10.9 Å². The van der Waals surface area contributed by atoms with E-state index in [1.807, 2.05) is 0 Å². The van der Waals surface area contributed by atoms with Crippen LogP contribution in [0.4, 0.5) is 0 Å². The Balaban J connectivity index is 2.17. The minimum atomic E-state index is -1.30. The molecule has 1 aliphatic rings. The number of fused-ring (bicyclic) bond motifs is 1. The number of benzene rings is 1. The minimum Gasteiger partial charge on any atom is -0.463 e. The Morgan fingerprint density at radius 2 is 1.47 bits per heavy atom. The number of para-hydroxylation sites is 1. The molecule has 11 nitrogen and oxygen atoms in total. The summed E-state index contributed by atoms with van der Waals surface area (Å²) in [7, 11) is 0. The summed E-state index contributed by atoms with van der Waals surface area (Å²) >= 11 is 0. The lowest BCUT2D eigenvalue weighted by molar-refractivity contribution is -0.267. The molecular weight excluding hydrogens is 450 g/mol. The van der Waals surface area contributed by atoms with E-state index in [4.69, 9.17) is 23.7 Å². The average Bonchev–Trinajstić information content (AvgIpc) is 3.13. The molecule has 1 aromatic heterocycles. The number of rotatable bonds is 7. The number of hydrogen-bond donors (Lipinski definition) is 0. The molecule has 1 unspecified atom stereocenters. The van der Waals surface area contributed by atoms with Crippen LogP contribution in [0.3, 0.4) is 0 Å². The summed E-state index contributed by atoms with van der Waals surface area (Å²) in [6.07, 6.45) is -3.86. The first kappa shape index (κ1) is 24.9. The lowest BCUT2D eigenvalue weighted by atomic mass is 9.97. The first-order valence-corrected chi connectivity index (χ1v) is 10.5. The van der Waals surface area contributed by atoms with Gasteiger partial charge in [-0.2, -0.15) is 0 Å². The Morgan fingerprint density at radius 1 is 0.882 bits per heavy atom. The van der Waals surface area contributed by atoms with Crippen LogP contribution in [0.2, 0.25) is 0 Å². The highest BCUT2D eigenvalue weighted by Gasteiger charge is 2.53. The van der Waals surface area contributed by atoms with Gasteiger partial charge in [-0.25, -0.2) is 0 Å². The van der Waals surface area contributed by atoms with E-state index in [1.54, 1.807) is 28.8 Å². The molecule has 1 saturated heterocycles. The summed E-state index contributed by atoms with van der Waals surface area (Å²) in [6.45, 7) is 4.32. The second-order valence-electron chi connectivity index (χ2n) is 7.72. The number of esters is 4. The Bertz CT molecular complexity index is 1110. The van der Waals surface area contributed by atoms with Gasteiger partial charge in [0.25, 0.3) is 0 Å². The molecule has 11 heteroatoms. The molecule has 0 amide bonds. The van der Waals surface area contributed by atoms with Crippen LogP contribution < -0.4 is 0 Å². The molecule has 0 N–H and O–H groups in total. The zero-order valence-electron chi connectivity index (χ0n) is 19.1. The molecule has 0 radical (unpaired) electrons. The number of carbonyl (C=O) groups excluding carboxylic acids is 5. The van der Waals surface area contributed by atoms with Gasteiger partial charge in [0.2, 0.25) is 0 Å². The highest BCUT2D eigenvalue weighted by atomic mass is 16.7. The number of carbonyl (C=O) groups is 5. The molecule has 2 heterocycles. The van der Waals surface area contributed by atoms with Crippen molar-refractivity contribution >= 4 is 41.1 Å². The number of aromatic nitrogens is 1. The standard InChI is InChI=1S/C23H25NO10/c1-12(26)30-11-19-20(31-13(2)27)21(32-14(3)28)22(33-15(4)29)23(34-19)24-9-16(10-25)17-7-5-6-8-18(17)24/h5-10,19-23H,11H2,1-4H3/t19-,20-,21+,22-,23?/m1/s1. The van der Waals surface area contributed by atoms with Gasteiger partial charge in [0.1, 0.15) is 12.7 Å². The number of ether oxygens (including phenoxy) is 5. The molecule has 0 bridgehead atoms. The summed E-state index contributed by atoms with van der Waals surface area (Å²) in [6, 6.07) is 6.98. The molecule has 0 saturated carbocycles. The third kappa shape index (κ3) is 5.42. The van der Waals surface area contributed by atoms with Crippen molar-refractivity contribution in [2.24, 2.45) is 0 Å². The number of nitrogens with zero attached hydrogens (tertiary/aromatic N) is 1. The topological polar surface area (TPSA) is 136 Å². The van der Waals surface area contributed by atoms with E-state index in [0.29, 0.717) is 22.8 Å². The Hall–Kier alpha value is -3.73. The Morgan fingerprint density at radius 3 is 2.06 bits per heavy atom. The monoisotopic (exact) mass is 475 g/mol. The molecule has 1 aromatic carbocycles. The van der Waals surface area contributed by atoms with E-state index in [0.717, 1.165) is 20.8 Å². The highest BCUT2D eigenvalue weighted by molar-refractivity contribution is 5.97.